The van der Waals surface area contributed by atoms with Crippen LogP contribution in [0, 0.1) is 23.2 Å². The highest BCUT2D eigenvalue weighted by Crippen LogP contribution is 2.47. The third-order valence-corrected chi connectivity index (χ3v) is 10.1. The predicted octanol–water partition coefficient (Wildman–Crippen LogP) is 5.95. The van der Waals surface area contributed by atoms with Gasteiger partial charge in [-0.15, -0.1) is 0 Å². The molecule has 2 aliphatic heterocycles. The van der Waals surface area contributed by atoms with Crippen molar-refractivity contribution in [3.63, 3.8) is 0 Å². The standard InChI is InChI=1S/C34H45F2N3O6/c1-20-27(19-40)39-18-28(20)44-30-25(37-24-14-13-22(43-5)16-26(24)38-30)12-8-6-7-10-21-11-9-15-34(21,32(35)36)45-29(41)17-23(31(39)42)33(2,3)4/h13-14,16,19-21,23,27-28,32H,6-12,15,17-18H2,1-5H3/t20-,21+,23+,27+,28-,34+/m0/s1. The summed E-state index contributed by atoms with van der Waals surface area (Å²) >= 11 is 0. The number of aryl methyl sites for hydroxylation is 1. The zero-order valence-corrected chi connectivity index (χ0v) is 26.9. The molecule has 0 unspecified atom stereocenters. The zero-order chi connectivity index (χ0) is 32.5. The van der Waals surface area contributed by atoms with Gasteiger partial charge in [0.05, 0.1) is 43.1 Å². The van der Waals surface area contributed by atoms with Gasteiger partial charge in [-0.25, -0.2) is 18.7 Å². The van der Waals surface area contributed by atoms with Crippen molar-refractivity contribution in [1.82, 2.24) is 14.9 Å². The van der Waals surface area contributed by atoms with E-state index in [9.17, 15) is 23.2 Å². The van der Waals surface area contributed by atoms with Gasteiger partial charge in [-0.05, 0) is 56.1 Å². The van der Waals surface area contributed by atoms with Gasteiger partial charge in [0, 0.05) is 17.9 Å². The molecule has 3 aliphatic rings. The first-order valence-electron chi connectivity index (χ1n) is 16.1. The van der Waals surface area contributed by atoms with E-state index in [1.165, 1.54) is 4.90 Å². The molecule has 2 bridgehead atoms. The Morgan fingerprint density at radius 3 is 2.53 bits per heavy atom. The summed E-state index contributed by atoms with van der Waals surface area (Å²) < 4.78 is 47.0. The Bertz CT molecular complexity index is 1410. The van der Waals surface area contributed by atoms with E-state index >= 15 is 0 Å². The molecule has 1 saturated heterocycles. The van der Waals surface area contributed by atoms with Crippen LogP contribution >= 0.6 is 0 Å². The minimum atomic E-state index is -2.82. The van der Waals surface area contributed by atoms with Crippen molar-refractivity contribution in [1.29, 1.82) is 0 Å². The van der Waals surface area contributed by atoms with Crippen LogP contribution in [0.1, 0.15) is 84.8 Å². The first-order chi connectivity index (χ1) is 21.4. The lowest BCUT2D eigenvalue weighted by Gasteiger charge is -2.37. The summed E-state index contributed by atoms with van der Waals surface area (Å²) in [5.74, 6) is -1.96. The molecule has 3 heterocycles. The molecule has 2 aromatic rings. The van der Waals surface area contributed by atoms with E-state index in [4.69, 9.17) is 24.2 Å². The lowest BCUT2D eigenvalue weighted by molar-refractivity contribution is -0.190. The van der Waals surface area contributed by atoms with E-state index in [1.807, 2.05) is 39.8 Å². The van der Waals surface area contributed by atoms with Crippen LogP contribution in [0.4, 0.5) is 8.78 Å². The molecule has 1 saturated carbocycles. The molecule has 45 heavy (non-hydrogen) atoms. The van der Waals surface area contributed by atoms with Crippen LogP contribution in [0.5, 0.6) is 11.6 Å². The van der Waals surface area contributed by atoms with E-state index in [1.54, 1.807) is 13.2 Å². The number of alkyl halides is 2. The van der Waals surface area contributed by atoms with Crippen LogP contribution in [0.2, 0.25) is 0 Å². The molecule has 0 N–H and O–H groups in total. The average Bonchev–Trinajstić information content (AvgIpc) is 3.54. The number of hydrogen-bond donors (Lipinski definition) is 0. The molecule has 2 fully saturated rings. The Labute approximate surface area is 263 Å². The molecule has 246 valence electrons. The van der Waals surface area contributed by atoms with Crippen molar-refractivity contribution < 1.29 is 37.4 Å². The second-order valence-electron chi connectivity index (χ2n) is 14.0. The maximum absolute atomic E-state index is 14.7. The highest BCUT2D eigenvalue weighted by atomic mass is 19.3. The number of ether oxygens (including phenoxy) is 3. The molecule has 1 aromatic heterocycles. The van der Waals surface area contributed by atoms with Gasteiger partial charge >= 0.3 is 5.97 Å². The first kappa shape index (κ1) is 33.0. The van der Waals surface area contributed by atoms with Gasteiger partial charge in [0.15, 0.2) is 5.60 Å². The van der Waals surface area contributed by atoms with Crippen molar-refractivity contribution >= 4 is 29.2 Å². The van der Waals surface area contributed by atoms with Gasteiger partial charge in [0.1, 0.15) is 23.8 Å². The minimum absolute atomic E-state index is 0.103. The molecule has 9 nitrogen and oxygen atoms in total. The summed E-state index contributed by atoms with van der Waals surface area (Å²) in [6.45, 7) is 7.43. The minimum Gasteiger partial charge on any atom is -0.497 e. The highest BCUT2D eigenvalue weighted by molar-refractivity contribution is 5.87. The van der Waals surface area contributed by atoms with Crippen molar-refractivity contribution in [2.75, 3.05) is 13.7 Å². The quantitative estimate of drug-likeness (QED) is 0.303. The van der Waals surface area contributed by atoms with E-state index < -0.39 is 53.3 Å². The molecular formula is C34H45F2N3O6. The lowest BCUT2D eigenvalue weighted by Crippen LogP contribution is -2.48. The second-order valence-corrected chi connectivity index (χ2v) is 14.0. The van der Waals surface area contributed by atoms with Crippen molar-refractivity contribution in [2.24, 2.45) is 23.2 Å². The van der Waals surface area contributed by atoms with Crippen LogP contribution in [0.15, 0.2) is 18.2 Å². The van der Waals surface area contributed by atoms with Gasteiger partial charge in [0.25, 0.3) is 6.43 Å². The smallest absolute Gasteiger partial charge is 0.307 e. The Balaban J connectivity index is 1.54. The summed E-state index contributed by atoms with van der Waals surface area (Å²) in [7, 11) is 1.58. The van der Waals surface area contributed by atoms with E-state index in [-0.39, 0.29) is 25.3 Å². The third-order valence-electron chi connectivity index (χ3n) is 10.1. The molecule has 0 radical (unpaired) electrons. The normalized spacial score (nSPS) is 30.2. The monoisotopic (exact) mass is 629 g/mol. The Kier molecular flexibility index (Phi) is 9.65. The fourth-order valence-electron chi connectivity index (χ4n) is 7.32. The van der Waals surface area contributed by atoms with E-state index in [0.717, 1.165) is 19.1 Å². The number of rotatable bonds is 3. The van der Waals surface area contributed by atoms with E-state index in [2.05, 4.69) is 0 Å². The second kappa shape index (κ2) is 13.2. The summed E-state index contributed by atoms with van der Waals surface area (Å²) in [4.78, 5) is 51.1. The van der Waals surface area contributed by atoms with Crippen LogP contribution < -0.4 is 9.47 Å². The fourth-order valence-corrected chi connectivity index (χ4v) is 7.32. The van der Waals surface area contributed by atoms with Gasteiger partial charge < -0.3 is 23.9 Å². The number of carbonyl (C=O) groups excluding carboxylic acids is 3. The third kappa shape index (κ3) is 6.63. The van der Waals surface area contributed by atoms with Gasteiger partial charge in [-0.3, -0.25) is 9.59 Å². The van der Waals surface area contributed by atoms with Crippen LogP contribution in [-0.4, -0.2) is 70.9 Å². The van der Waals surface area contributed by atoms with Crippen LogP contribution in [0.3, 0.4) is 0 Å². The van der Waals surface area contributed by atoms with Gasteiger partial charge in [0.2, 0.25) is 11.8 Å². The molecule has 1 aliphatic carbocycles. The lowest BCUT2D eigenvalue weighted by atomic mass is 9.77. The molecule has 1 amide bonds. The summed E-state index contributed by atoms with van der Waals surface area (Å²) in [6, 6.07) is 4.64. The Morgan fingerprint density at radius 1 is 1.09 bits per heavy atom. The maximum Gasteiger partial charge on any atom is 0.307 e. The number of carbonyl (C=O) groups is 3. The number of aromatic nitrogens is 2. The number of aldehydes is 1. The fraction of sp³-hybridized carbons (Fsp3) is 0.676. The molecule has 5 rings (SSSR count). The summed E-state index contributed by atoms with van der Waals surface area (Å²) in [5.41, 5.74) is -0.618. The first-order valence-corrected chi connectivity index (χ1v) is 16.1. The molecule has 1 aromatic carbocycles. The highest BCUT2D eigenvalue weighted by Gasteiger charge is 2.54. The molecular weight excluding hydrogens is 584 g/mol. The number of fused-ring (bicyclic) bond motifs is 5. The van der Waals surface area contributed by atoms with Crippen LogP contribution in [-0.2, 0) is 25.5 Å². The molecule has 6 atom stereocenters. The van der Waals surface area contributed by atoms with Gasteiger partial charge in [-0.1, -0.05) is 40.5 Å². The number of nitrogens with zero attached hydrogens (tertiary/aromatic N) is 3. The van der Waals surface area contributed by atoms with Crippen molar-refractivity contribution in [3.05, 3.63) is 23.9 Å². The zero-order valence-electron chi connectivity index (χ0n) is 26.9. The summed E-state index contributed by atoms with van der Waals surface area (Å²) in [5, 5.41) is 0. The largest absolute Gasteiger partial charge is 0.497 e. The molecule has 0 spiro atoms. The number of esters is 1. The Morgan fingerprint density at radius 2 is 1.84 bits per heavy atom. The topological polar surface area (TPSA) is 108 Å². The summed E-state index contributed by atoms with van der Waals surface area (Å²) in [6.07, 6.45) is 1.48. The maximum atomic E-state index is 14.7. The average molecular weight is 630 g/mol. The number of halogens is 2. The van der Waals surface area contributed by atoms with Crippen molar-refractivity contribution in [2.45, 2.75) is 110 Å². The number of hydrogen-bond acceptors (Lipinski definition) is 8. The van der Waals surface area contributed by atoms with E-state index in [0.29, 0.717) is 60.5 Å². The number of amides is 1. The van der Waals surface area contributed by atoms with Gasteiger partial charge in [-0.2, -0.15) is 0 Å². The predicted molar refractivity (Wildman–Crippen MR) is 163 cm³/mol. The Hall–Kier alpha value is -3.37. The van der Waals surface area contributed by atoms with Crippen LogP contribution in [0.25, 0.3) is 11.0 Å². The number of methoxy groups -OCH3 is 1. The molecule has 11 heteroatoms. The SMILES string of the molecule is COc1ccc2nc3c(nc2c1)O[C@H]1CN(C(=O)[C@H](C(C)(C)C)CC(=O)O[C@]2(C(F)F)CCC[C@H]2CCCCC3)[C@H](C=O)[C@@H]1C. The van der Waals surface area contributed by atoms with Crippen molar-refractivity contribution in [3.8, 4) is 11.6 Å². The number of benzene rings is 1.